The van der Waals surface area contributed by atoms with E-state index in [2.05, 4.69) is 17.3 Å². The lowest BCUT2D eigenvalue weighted by Gasteiger charge is -2.33. The van der Waals surface area contributed by atoms with Gasteiger partial charge in [-0.25, -0.2) is 10.1 Å². The molecule has 1 aromatic rings. The average molecular weight is 712 g/mol. The van der Waals surface area contributed by atoms with Gasteiger partial charge in [-0.2, -0.15) is 0 Å². The molecule has 0 radical (unpaired) electrons. The minimum Gasteiger partial charge on any atom is -0.365 e. The maximum Gasteiger partial charge on any atom is 0.266 e. The number of amides is 2. The van der Waals surface area contributed by atoms with Gasteiger partial charge >= 0.3 is 0 Å². The van der Waals surface area contributed by atoms with E-state index >= 15 is 0 Å². The summed E-state index contributed by atoms with van der Waals surface area (Å²) in [6, 6.07) is 7.18. The highest BCUT2D eigenvalue weighted by Crippen LogP contribution is 2.30. The van der Waals surface area contributed by atoms with Crippen molar-refractivity contribution in [2.75, 3.05) is 19.6 Å². The summed E-state index contributed by atoms with van der Waals surface area (Å²) in [5, 5.41) is 15.3. The molecule has 282 valence electrons. The molecule has 5 unspecified atom stereocenters. The first-order valence-electron chi connectivity index (χ1n) is 18.5. The molecule has 0 aliphatic carbocycles. The van der Waals surface area contributed by atoms with Crippen molar-refractivity contribution in [3.8, 4) is 0 Å². The highest BCUT2D eigenvalue weighted by atomic mass is 16.7. The van der Waals surface area contributed by atoms with E-state index in [0.717, 1.165) is 24.8 Å². The van der Waals surface area contributed by atoms with Crippen LogP contribution in [-0.4, -0.2) is 87.7 Å². The SMILES string of the molecule is CCCCCC(CC(=O)C(N)C(C)C)C(=O)N1CCCC1C(=O)N1CCCC1C(=O)CC(CCCN/C(N)=N\[N+](=O)[O-])C(=O)Cc1ccccc1. The van der Waals surface area contributed by atoms with Crippen LogP contribution in [0.25, 0.3) is 0 Å². The number of ketones is 3. The number of hydrogen-bond donors (Lipinski definition) is 3. The van der Waals surface area contributed by atoms with Gasteiger partial charge in [-0.3, -0.25) is 24.0 Å². The summed E-state index contributed by atoms with van der Waals surface area (Å²) < 4.78 is 0. The first-order chi connectivity index (χ1) is 24.3. The van der Waals surface area contributed by atoms with Gasteiger partial charge < -0.3 is 26.6 Å². The van der Waals surface area contributed by atoms with Crippen molar-refractivity contribution < 1.29 is 29.0 Å². The zero-order chi connectivity index (χ0) is 37.5. The molecule has 2 aliphatic heterocycles. The van der Waals surface area contributed by atoms with Crippen LogP contribution in [0.4, 0.5) is 0 Å². The summed E-state index contributed by atoms with van der Waals surface area (Å²) in [6.07, 6.45) is 6.37. The Morgan fingerprint density at radius 1 is 0.922 bits per heavy atom. The highest BCUT2D eigenvalue weighted by Gasteiger charge is 2.44. The number of Topliss-reactive ketones (excluding diaryl/α,β-unsaturated/α-hetero) is 3. The van der Waals surface area contributed by atoms with Crippen LogP contribution in [0.5, 0.6) is 0 Å². The molecule has 2 fully saturated rings. The predicted molar refractivity (Wildman–Crippen MR) is 194 cm³/mol. The summed E-state index contributed by atoms with van der Waals surface area (Å²) in [4.78, 5) is 82.4. The number of rotatable bonds is 21. The number of nitrogens with one attached hydrogen (secondary N) is 1. The number of guanidine groups is 1. The van der Waals surface area contributed by atoms with E-state index in [-0.39, 0.29) is 66.8 Å². The molecular formula is C37H57N7O7. The van der Waals surface area contributed by atoms with Crippen molar-refractivity contribution >= 4 is 35.1 Å². The number of hydrogen-bond acceptors (Lipinski definition) is 8. The van der Waals surface area contributed by atoms with E-state index in [4.69, 9.17) is 11.5 Å². The second-order valence-electron chi connectivity index (χ2n) is 14.3. The minimum absolute atomic E-state index is 0.0476. The van der Waals surface area contributed by atoms with E-state index in [1.165, 1.54) is 0 Å². The molecule has 2 amide bonds. The van der Waals surface area contributed by atoms with Gasteiger partial charge in [0, 0.05) is 50.7 Å². The van der Waals surface area contributed by atoms with Gasteiger partial charge in [0.25, 0.3) is 5.96 Å². The third kappa shape index (κ3) is 12.5. The summed E-state index contributed by atoms with van der Waals surface area (Å²) in [6.45, 7) is 6.86. The second kappa shape index (κ2) is 20.6. The van der Waals surface area contributed by atoms with Gasteiger partial charge in [-0.15, -0.1) is 0 Å². The molecule has 0 bridgehead atoms. The number of carbonyl (C=O) groups excluding carboxylic acids is 5. The Labute approximate surface area is 301 Å². The van der Waals surface area contributed by atoms with Gasteiger partial charge in [0.15, 0.2) is 16.6 Å². The first-order valence-corrected chi connectivity index (χ1v) is 18.5. The van der Waals surface area contributed by atoms with Crippen molar-refractivity contribution in [1.82, 2.24) is 15.1 Å². The van der Waals surface area contributed by atoms with Crippen LogP contribution in [0.2, 0.25) is 0 Å². The number of unbranched alkanes of at least 4 members (excludes halogenated alkanes) is 2. The molecule has 14 heteroatoms. The molecule has 2 saturated heterocycles. The van der Waals surface area contributed by atoms with Crippen molar-refractivity contribution in [3.63, 3.8) is 0 Å². The minimum atomic E-state index is -0.904. The number of likely N-dealkylation sites (tertiary alicyclic amines) is 2. The highest BCUT2D eigenvalue weighted by molar-refractivity contribution is 5.97. The topological polar surface area (TPSA) is 211 Å². The Hall–Kier alpha value is -4.20. The molecule has 51 heavy (non-hydrogen) atoms. The van der Waals surface area contributed by atoms with Crippen LogP contribution in [0, 0.1) is 27.9 Å². The van der Waals surface area contributed by atoms with Gasteiger partial charge in [-0.05, 0) is 56.4 Å². The molecule has 0 spiro atoms. The Morgan fingerprint density at radius 3 is 2.22 bits per heavy atom. The monoisotopic (exact) mass is 711 g/mol. The van der Waals surface area contributed by atoms with Crippen LogP contribution in [0.3, 0.4) is 0 Å². The van der Waals surface area contributed by atoms with Crippen LogP contribution in [0.1, 0.15) is 103 Å². The molecule has 14 nitrogen and oxygen atoms in total. The molecule has 2 aliphatic rings. The Bertz CT molecular complexity index is 1390. The molecular weight excluding hydrogens is 654 g/mol. The summed E-state index contributed by atoms with van der Waals surface area (Å²) >= 11 is 0. The second-order valence-corrected chi connectivity index (χ2v) is 14.3. The zero-order valence-corrected chi connectivity index (χ0v) is 30.5. The predicted octanol–water partition coefficient (Wildman–Crippen LogP) is 3.37. The lowest BCUT2D eigenvalue weighted by Crippen LogP contribution is -2.52. The van der Waals surface area contributed by atoms with Crippen LogP contribution in [0.15, 0.2) is 35.4 Å². The lowest BCUT2D eigenvalue weighted by atomic mass is 9.87. The van der Waals surface area contributed by atoms with E-state index in [1.807, 2.05) is 44.2 Å². The summed E-state index contributed by atoms with van der Waals surface area (Å²) in [5.41, 5.74) is 12.5. The van der Waals surface area contributed by atoms with E-state index in [1.54, 1.807) is 9.80 Å². The molecule has 0 saturated carbocycles. The number of nitro groups is 1. The van der Waals surface area contributed by atoms with Crippen molar-refractivity contribution in [3.05, 3.63) is 46.0 Å². The number of nitrogens with two attached hydrogens (primary N) is 2. The summed E-state index contributed by atoms with van der Waals surface area (Å²) in [5.74, 6) is -2.48. The van der Waals surface area contributed by atoms with Gasteiger partial charge in [-0.1, -0.05) is 70.4 Å². The number of hydrazone groups is 1. The van der Waals surface area contributed by atoms with Gasteiger partial charge in [0.2, 0.25) is 11.8 Å². The Balaban J connectivity index is 1.72. The fourth-order valence-electron chi connectivity index (χ4n) is 7.17. The first kappa shape index (κ1) is 41.2. The molecule has 5 atom stereocenters. The van der Waals surface area contributed by atoms with Gasteiger partial charge in [0.05, 0.1) is 12.1 Å². The molecule has 1 aromatic carbocycles. The van der Waals surface area contributed by atoms with E-state index in [0.29, 0.717) is 58.0 Å². The smallest absolute Gasteiger partial charge is 0.266 e. The third-order valence-electron chi connectivity index (χ3n) is 10.1. The molecule has 0 aromatic heterocycles. The quantitative estimate of drug-likeness (QED) is 0.0556. The molecule has 3 rings (SSSR count). The summed E-state index contributed by atoms with van der Waals surface area (Å²) in [7, 11) is 0. The van der Waals surface area contributed by atoms with E-state index < -0.39 is 35.0 Å². The van der Waals surface area contributed by atoms with Crippen LogP contribution in [-0.2, 0) is 30.4 Å². The lowest BCUT2D eigenvalue weighted by molar-refractivity contribution is -0.485. The molecule has 5 N–H and O–H groups in total. The third-order valence-corrected chi connectivity index (χ3v) is 10.1. The number of nitrogens with zero attached hydrogens (tertiary/aromatic N) is 4. The fraction of sp³-hybridized carbons (Fsp3) is 0.676. The molecule has 2 heterocycles. The average Bonchev–Trinajstić information content (AvgIpc) is 3.79. The maximum absolute atomic E-state index is 14.1. The van der Waals surface area contributed by atoms with Crippen molar-refractivity contribution in [2.45, 2.75) is 122 Å². The zero-order valence-electron chi connectivity index (χ0n) is 30.5. The largest absolute Gasteiger partial charge is 0.365 e. The number of benzene rings is 1. The van der Waals surface area contributed by atoms with Crippen LogP contribution >= 0.6 is 0 Å². The maximum atomic E-state index is 14.1. The Kier molecular flexibility index (Phi) is 16.7. The van der Waals surface area contributed by atoms with E-state index in [9.17, 15) is 34.1 Å². The van der Waals surface area contributed by atoms with Crippen molar-refractivity contribution in [1.29, 1.82) is 0 Å². The standard InChI is InChI=1S/C37H57N7O7/c1-4-5-7-15-28(24-33(47)34(38)25(2)3)35(48)43-21-12-18-30(43)36(49)42-20-11-17-29(42)32(46)23-27(16-10-19-40-37(39)41-44(50)51)31(45)22-26-13-8-6-9-14-26/h6,8-9,13-14,25,27-30,34H,4-5,7,10-12,15-24,38H2,1-3H3,(H3,39,40,41). The van der Waals surface area contributed by atoms with Crippen LogP contribution < -0.4 is 16.8 Å². The van der Waals surface area contributed by atoms with Crippen molar-refractivity contribution in [2.24, 2.45) is 34.3 Å². The number of carbonyl (C=O) groups is 5. The van der Waals surface area contributed by atoms with Gasteiger partial charge in [0.1, 0.15) is 16.9 Å². The fourth-order valence-corrected chi connectivity index (χ4v) is 7.17. The normalized spacial score (nSPS) is 19.5. The Morgan fingerprint density at radius 2 is 1.57 bits per heavy atom.